The highest BCUT2D eigenvalue weighted by Gasteiger charge is 2.17. The van der Waals surface area contributed by atoms with E-state index >= 15 is 0 Å². The van der Waals surface area contributed by atoms with Crippen LogP contribution >= 0.6 is 11.8 Å². The minimum atomic E-state index is -0.599. The zero-order chi connectivity index (χ0) is 19.7. The van der Waals surface area contributed by atoms with E-state index in [0.717, 1.165) is 45.5 Å². The molecule has 2 heterocycles. The Bertz CT molecular complexity index is 987. The Morgan fingerprint density at radius 1 is 1.21 bits per heavy atom. The van der Waals surface area contributed by atoms with Crippen LogP contribution in [-0.2, 0) is 11.3 Å². The van der Waals surface area contributed by atoms with Crippen LogP contribution in [0.15, 0.2) is 53.8 Å². The average Bonchev–Trinajstić information content (AvgIpc) is 3.23. The number of carbonyl (C=O) groups is 1. The minimum absolute atomic E-state index is 0.181. The summed E-state index contributed by atoms with van der Waals surface area (Å²) >= 11 is 1.77. The number of carbonyl (C=O) groups excluding carboxylic acids is 1. The third kappa shape index (κ3) is 4.07. The van der Waals surface area contributed by atoms with Gasteiger partial charge < -0.3 is 14.6 Å². The Labute approximate surface area is 169 Å². The smallest absolute Gasteiger partial charge is 0.265 e. The second-order valence-electron chi connectivity index (χ2n) is 7.10. The Morgan fingerprint density at radius 3 is 2.75 bits per heavy atom. The zero-order valence-electron chi connectivity index (χ0n) is 16.2. The molecule has 0 saturated heterocycles. The van der Waals surface area contributed by atoms with Crippen molar-refractivity contribution in [3.8, 4) is 17.0 Å². The molecule has 2 aromatic carbocycles. The zero-order valence-corrected chi connectivity index (χ0v) is 17.0. The fourth-order valence-corrected chi connectivity index (χ4v) is 4.25. The van der Waals surface area contributed by atoms with Gasteiger partial charge in [0.15, 0.2) is 11.3 Å². The van der Waals surface area contributed by atoms with Crippen molar-refractivity contribution in [2.75, 3.05) is 11.1 Å². The molecule has 28 heavy (non-hydrogen) atoms. The first kappa shape index (κ1) is 18.6. The van der Waals surface area contributed by atoms with E-state index in [4.69, 9.17) is 4.74 Å². The number of imidazole rings is 1. The van der Waals surface area contributed by atoms with Crippen molar-refractivity contribution < 1.29 is 9.53 Å². The number of fused-ring (bicyclic) bond motifs is 1. The standard InChI is InChI=1S/C22H23N3O2S/c1-14-9-15(2)11-19(10-14)27-16(3)21(26)23-18-6-4-5-17(12-18)20-13-25-7-8-28-22(25)24-20/h4-6,9-13,16H,7-8H2,1-3H3,(H,23,26). The van der Waals surface area contributed by atoms with Crippen molar-refractivity contribution in [2.24, 2.45) is 0 Å². The Kier molecular flexibility index (Phi) is 5.13. The topological polar surface area (TPSA) is 56.1 Å². The second kappa shape index (κ2) is 7.72. The molecular formula is C22H23N3O2S. The van der Waals surface area contributed by atoms with Crippen molar-refractivity contribution in [2.45, 2.75) is 38.6 Å². The lowest BCUT2D eigenvalue weighted by atomic mass is 10.1. The lowest BCUT2D eigenvalue weighted by Gasteiger charge is -2.16. The molecule has 1 atom stereocenters. The number of amides is 1. The summed E-state index contributed by atoms with van der Waals surface area (Å²) in [6.45, 7) is 6.78. The van der Waals surface area contributed by atoms with Gasteiger partial charge in [0.1, 0.15) is 5.75 Å². The molecule has 3 aromatic rings. The largest absolute Gasteiger partial charge is 0.481 e. The molecule has 0 saturated carbocycles. The molecule has 1 N–H and O–H groups in total. The number of thioether (sulfide) groups is 1. The van der Waals surface area contributed by atoms with Crippen LogP contribution in [0.1, 0.15) is 18.1 Å². The predicted octanol–water partition coefficient (Wildman–Crippen LogP) is 4.68. The molecule has 0 aliphatic carbocycles. The van der Waals surface area contributed by atoms with Gasteiger partial charge in [0, 0.05) is 29.7 Å². The van der Waals surface area contributed by atoms with Crippen LogP contribution in [-0.4, -0.2) is 27.3 Å². The molecule has 0 radical (unpaired) electrons. The highest BCUT2D eigenvalue weighted by molar-refractivity contribution is 7.99. The molecular weight excluding hydrogens is 370 g/mol. The molecule has 1 aromatic heterocycles. The molecule has 144 valence electrons. The maximum atomic E-state index is 12.6. The van der Waals surface area contributed by atoms with Crippen molar-refractivity contribution in [3.63, 3.8) is 0 Å². The van der Waals surface area contributed by atoms with E-state index in [1.54, 1.807) is 18.7 Å². The van der Waals surface area contributed by atoms with Crippen molar-refractivity contribution in [3.05, 3.63) is 59.8 Å². The molecule has 1 amide bonds. The second-order valence-corrected chi connectivity index (χ2v) is 8.17. The fourth-order valence-electron chi connectivity index (χ4n) is 3.31. The Hall–Kier alpha value is -2.73. The van der Waals surface area contributed by atoms with Crippen LogP contribution in [0.4, 0.5) is 5.69 Å². The Morgan fingerprint density at radius 2 is 2.00 bits per heavy atom. The van der Waals surface area contributed by atoms with Crippen LogP contribution in [0, 0.1) is 13.8 Å². The SMILES string of the molecule is Cc1cc(C)cc(OC(C)C(=O)Nc2cccc(-c3cn4c(n3)SCC4)c2)c1. The van der Waals surface area contributed by atoms with Crippen LogP contribution in [0.2, 0.25) is 0 Å². The van der Waals surface area contributed by atoms with Crippen LogP contribution in [0.25, 0.3) is 11.3 Å². The average molecular weight is 394 g/mol. The quantitative estimate of drug-likeness (QED) is 0.684. The lowest BCUT2D eigenvalue weighted by Crippen LogP contribution is -2.30. The number of hydrogen-bond donors (Lipinski definition) is 1. The van der Waals surface area contributed by atoms with Gasteiger partial charge >= 0.3 is 0 Å². The molecule has 0 fully saturated rings. The maximum absolute atomic E-state index is 12.6. The molecule has 6 heteroatoms. The van der Waals surface area contributed by atoms with E-state index in [2.05, 4.69) is 27.1 Å². The summed E-state index contributed by atoms with van der Waals surface area (Å²) in [6, 6.07) is 13.7. The highest BCUT2D eigenvalue weighted by Crippen LogP contribution is 2.30. The molecule has 5 nitrogen and oxygen atoms in total. The minimum Gasteiger partial charge on any atom is -0.481 e. The Balaban J connectivity index is 1.45. The summed E-state index contributed by atoms with van der Waals surface area (Å²) in [7, 11) is 0. The van der Waals surface area contributed by atoms with Gasteiger partial charge in [-0.2, -0.15) is 0 Å². The molecule has 1 aliphatic heterocycles. The van der Waals surface area contributed by atoms with E-state index in [9.17, 15) is 4.79 Å². The summed E-state index contributed by atoms with van der Waals surface area (Å²) in [5.41, 5.74) is 4.88. The van der Waals surface area contributed by atoms with Gasteiger partial charge in [-0.05, 0) is 56.2 Å². The number of anilines is 1. The molecule has 0 spiro atoms. The number of hydrogen-bond acceptors (Lipinski definition) is 4. The molecule has 1 aliphatic rings. The van der Waals surface area contributed by atoms with Gasteiger partial charge in [0.25, 0.3) is 5.91 Å². The van der Waals surface area contributed by atoms with Crippen LogP contribution in [0.3, 0.4) is 0 Å². The summed E-state index contributed by atoms with van der Waals surface area (Å²) in [5.74, 6) is 1.61. The maximum Gasteiger partial charge on any atom is 0.265 e. The van der Waals surface area contributed by atoms with E-state index in [-0.39, 0.29) is 5.91 Å². The van der Waals surface area contributed by atoms with E-state index < -0.39 is 6.10 Å². The van der Waals surface area contributed by atoms with Crippen LogP contribution in [0.5, 0.6) is 5.75 Å². The predicted molar refractivity (Wildman–Crippen MR) is 113 cm³/mol. The number of benzene rings is 2. The summed E-state index contributed by atoms with van der Waals surface area (Å²) < 4.78 is 8.01. The first-order valence-electron chi connectivity index (χ1n) is 9.34. The lowest BCUT2D eigenvalue weighted by molar-refractivity contribution is -0.122. The first-order chi connectivity index (χ1) is 13.5. The van der Waals surface area contributed by atoms with Crippen LogP contribution < -0.4 is 10.1 Å². The van der Waals surface area contributed by atoms with Crippen molar-refractivity contribution in [1.29, 1.82) is 0 Å². The highest BCUT2D eigenvalue weighted by atomic mass is 32.2. The number of ether oxygens (including phenoxy) is 1. The fraction of sp³-hybridized carbons (Fsp3) is 0.273. The first-order valence-corrected chi connectivity index (χ1v) is 10.3. The van der Waals surface area contributed by atoms with Gasteiger partial charge in [-0.1, -0.05) is 30.0 Å². The number of nitrogens with one attached hydrogen (secondary N) is 1. The third-order valence-electron chi connectivity index (χ3n) is 4.61. The third-order valence-corrected chi connectivity index (χ3v) is 5.58. The number of aromatic nitrogens is 2. The van der Waals surface area contributed by atoms with Crippen molar-refractivity contribution in [1.82, 2.24) is 9.55 Å². The van der Waals surface area contributed by atoms with Gasteiger partial charge in [-0.25, -0.2) is 4.98 Å². The van der Waals surface area contributed by atoms with Gasteiger partial charge in [0.2, 0.25) is 0 Å². The van der Waals surface area contributed by atoms with E-state index in [0.29, 0.717) is 5.75 Å². The van der Waals surface area contributed by atoms with Crippen molar-refractivity contribution >= 4 is 23.4 Å². The monoisotopic (exact) mass is 393 g/mol. The summed E-state index contributed by atoms with van der Waals surface area (Å²) in [6.07, 6.45) is 1.47. The van der Waals surface area contributed by atoms with Gasteiger partial charge in [-0.3, -0.25) is 4.79 Å². The summed E-state index contributed by atoms with van der Waals surface area (Å²) in [4.78, 5) is 17.3. The van der Waals surface area contributed by atoms with E-state index in [1.807, 2.05) is 50.2 Å². The molecule has 0 bridgehead atoms. The number of nitrogens with zero attached hydrogens (tertiary/aromatic N) is 2. The van der Waals surface area contributed by atoms with Gasteiger partial charge in [-0.15, -0.1) is 0 Å². The summed E-state index contributed by atoms with van der Waals surface area (Å²) in [5, 5.41) is 4.00. The normalized spacial score (nSPS) is 13.8. The van der Waals surface area contributed by atoms with Gasteiger partial charge in [0.05, 0.1) is 5.69 Å². The number of rotatable bonds is 5. The number of aryl methyl sites for hydroxylation is 3. The van der Waals surface area contributed by atoms with E-state index in [1.165, 1.54) is 0 Å². The molecule has 4 rings (SSSR count). The molecule has 1 unspecified atom stereocenters.